The molecular weight excluding hydrogens is 441 g/mol. The van der Waals surface area contributed by atoms with Crippen LogP contribution in [0.4, 0.5) is 5.69 Å². The zero-order chi connectivity index (χ0) is 15.6. The first-order valence-electron chi connectivity index (χ1n) is 6.65. The average molecular weight is 458 g/mol. The molecule has 2 nitrogen and oxygen atoms in total. The fraction of sp³-hybridized carbons (Fsp3) is 0.235. The van der Waals surface area contributed by atoms with Crippen LogP contribution in [0.3, 0.4) is 0 Å². The lowest BCUT2D eigenvalue weighted by Crippen LogP contribution is -2.19. The highest BCUT2D eigenvalue weighted by Gasteiger charge is 2.19. The van der Waals surface area contributed by atoms with Crippen LogP contribution in [0, 0.1) is 3.57 Å². The Morgan fingerprint density at radius 2 is 1.81 bits per heavy atom. The molecule has 2 aromatic rings. The smallest absolute Gasteiger partial charge is 0.256 e. The predicted octanol–water partition coefficient (Wildman–Crippen LogP) is 5.60. The largest absolute Gasteiger partial charge is 0.322 e. The molecule has 0 radical (unpaired) electrons. The number of carbonyl (C=O) groups is 1. The quantitative estimate of drug-likeness (QED) is 0.584. The minimum Gasteiger partial charge on any atom is -0.322 e. The molecule has 0 unspecified atom stereocenters. The lowest BCUT2D eigenvalue weighted by molar-refractivity contribution is 0.102. The van der Waals surface area contributed by atoms with Crippen molar-refractivity contribution in [3.8, 4) is 0 Å². The lowest BCUT2D eigenvalue weighted by atomic mass is 9.86. The van der Waals surface area contributed by atoms with Gasteiger partial charge >= 0.3 is 0 Å². The number of carbonyl (C=O) groups excluding carboxylic acids is 1. The Bertz CT molecular complexity index is 677. The van der Waals surface area contributed by atoms with Gasteiger partial charge in [-0.25, -0.2) is 0 Å². The van der Waals surface area contributed by atoms with E-state index in [-0.39, 0.29) is 11.3 Å². The fourth-order valence-electron chi connectivity index (χ4n) is 2.11. The van der Waals surface area contributed by atoms with E-state index in [0.29, 0.717) is 5.56 Å². The summed E-state index contributed by atoms with van der Waals surface area (Å²) in [5.74, 6) is -0.0999. The zero-order valence-electron chi connectivity index (χ0n) is 12.2. The normalized spacial score (nSPS) is 11.3. The van der Waals surface area contributed by atoms with Crippen molar-refractivity contribution >= 4 is 50.1 Å². The van der Waals surface area contributed by atoms with Gasteiger partial charge in [-0.05, 0) is 73.8 Å². The van der Waals surface area contributed by atoms with Crippen molar-refractivity contribution < 1.29 is 4.79 Å². The molecule has 0 atom stereocenters. The van der Waals surface area contributed by atoms with Gasteiger partial charge in [0.05, 0.1) is 5.56 Å². The number of benzene rings is 2. The van der Waals surface area contributed by atoms with Crippen LogP contribution in [-0.2, 0) is 5.41 Å². The molecule has 0 spiro atoms. The van der Waals surface area contributed by atoms with E-state index in [1.54, 1.807) is 0 Å². The summed E-state index contributed by atoms with van der Waals surface area (Å²) in [6.45, 7) is 6.41. The average Bonchev–Trinajstić information content (AvgIpc) is 2.41. The van der Waals surface area contributed by atoms with E-state index in [1.165, 1.54) is 0 Å². The van der Waals surface area contributed by atoms with Crippen molar-refractivity contribution in [3.05, 3.63) is 61.6 Å². The Morgan fingerprint density at radius 1 is 1.14 bits per heavy atom. The molecule has 1 N–H and O–H groups in total. The van der Waals surface area contributed by atoms with Gasteiger partial charge in [0.1, 0.15) is 0 Å². The van der Waals surface area contributed by atoms with Gasteiger partial charge in [0.25, 0.3) is 5.91 Å². The number of hydrogen-bond donors (Lipinski definition) is 1. The Hall–Kier alpha value is -0.880. The van der Waals surface area contributed by atoms with Crippen LogP contribution in [0.5, 0.6) is 0 Å². The molecule has 0 aliphatic rings. The minimum atomic E-state index is -0.0999. The van der Waals surface area contributed by atoms with Crippen LogP contribution in [-0.4, -0.2) is 5.91 Å². The van der Waals surface area contributed by atoms with Gasteiger partial charge in [0.2, 0.25) is 0 Å². The Balaban J connectivity index is 2.35. The molecule has 0 saturated heterocycles. The van der Waals surface area contributed by atoms with Crippen molar-refractivity contribution in [1.29, 1.82) is 0 Å². The maximum absolute atomic E-state index is 12.5. The third-order valence-corrected chi connectivity index (χ3v) is 4.52. The second kappa shape index (κ2) is 6.48. The van der Waals surface area contributed by atoms with E-state index in [9.17, 15) is 4.79 Å². The van der Waals surface area contributed by atoms with Crippen molar-refractivity contribution in [1.82, 2.24) is 0 Å². The van der Waals surface area contributed by atoms with Crippen molar-refractivity contribution in [2.75, 3.05) is 5.32 Å². The van der Waals surface area contributed by atoms with Gasteiger partial charge in [-0.3, -0.25) is 4.79 Å². The third kappa shape index (κ3) is 4.07. The number of nitrogens with one attached hydrogen (secondary N) is 1. The Kier molecular flexibility index (Phi) is 5.09. The first-order valence-corrected chi connectivity index (χ1v) is 8.52. The van der Waals surface area contributed by atoms with Gasteiger partial charge in [0, 0.05) is 13.7 Å². The van der Waals surface area contributed by atoms with Crippen LogP contribution in [0.2, 0.25) is 0 Å². The first-order chi connectivity index (χ1) is 9.79. The third-order valence-electron chi connectivity index (χ3n) is 3.16. The Labute approximate surface area is 147 Å². The number of para-hydroxylation sites is 1. The highest BCUT2D eigenvalue weighted by Crippen LogP contribution is 2.30. The molecule has 1 amide bonds. The molecule has 0 aliphatic heterocycles. The van der Waals surface area contributed by atoms with Crippen molar-refractivity contribution in [3.63, 3.8) is 0 Å². The molecule has 21 heavy (non-hydrogen) atoms. The second-order valence-corrected chi connectivity index (χ2v) is 7.97. The summed E-state index contributed by atoms with van der Waals surface area (Å²) in [7, 11) is 0. The summed E-state index contributed by atoms with van der Waals surface area (Å²) in [4.78, 5) is 12.5. The summed E-state index contributed by atoms with van der Waals surface area (Å²) in [5, 5.41) is 3.03. The van der Waals surface area contributed by atoms with Gasteiger partial charge in [-0.2, -0.15) is 0 Å². The van der Waals surface area contributed by atoms with Gasteiger partial charge < -0.3 is 5.32 Å². The minimum absolute atomic E-state index is 0.0216. The van der Waals surface area contributed by atoms with Gasteiger partial charge in [0.15, 0.2) is 0 Å². The van der Waals surface area contributed by atoms with E-state index in [2.05, 4.69) is 70.7 Å². The molecule has 0 bridgehead atoms. The van der Waals surface area contributed by atoms with E-state index >= 15 is 0 Å². The number of amides is 1. The van der Waals surface area contributed by atoms with Crippen LogP contribution >= 0.6 is 38.5 Å². The van der Waals surface area contributed by atoms with Crippen LogP contribution in [0.1, 0.15) is 36.7 Å². The molecule has 4 heteroatoms. The SMILES string of the molecule is CC(C)(C)c1ccccc1NC(=O)c1cc(I)ccc1Br. The molecule has 0 saturated carbocycles. The first kappa shape index (κ1) is 16.5. The Morgan fingerprint density at radius 3 is 2.48 bits per heavy atom. The predicted molar refractivity (Wildman–Crippen MR) is 100.0 cm³/mol. The summed E-state index contributed by atoms with van der Waals surface area (Å²) < 4.78 is 1.83. The van der Waals surface area contributed by atoms with E-state index in [0.717, 1.165) is 19.3 Å². The van der Waals surface area contributed by atoms with Crippen LogP contribution in [0.25, 0.3) is 0 Å². The molecule has 110 valence electrons. The summed E-state index contributed by atoms with van der Waals surface area (Å²) in [6.07, 6.45) is 0. The molecule has 0 fully saturated rings. The molecule has 0 aromatic heterocycles. The fourth-order valence-corrected chi connectivity index (χ4v) is 3.03. The maximum atomic E-state index is 12.5. The molecule has 0 heterocycles. The van der Waals surface area contributed by atoms with Crippen molar-refractivity contribution in [2.24, 2.45) is 0 Å². The van der Waals surface area contributed by atoms with E-state index in [1.807, 2.05) is 36.4 Å². The molecular formula is C17H17BrINO. The number of rotatable bonds is 2. The van der Waals surface area contributed by atoms with E-state index < -0.39 is 0 Å². The van der Waals surface area contributed by atoms with Gasteiger partial charge in [-0.15, -0.1) is 0 Å². The van der Waals surface area contributed by atoms with Crippen LogP contribution < -0.4 is 5.32 Å². The summed E-state index contributed by atoms with van der Waals surface area (Å²) in [6, 6.07) is 13.7. The topological polar surface area (TPSA) is 29.1 Å². The molecule has 2 rings (SSSR count). The van der Waals surface area contributed by atoms with Gasteiger partial charge in [-0.1, -0.05) is 39.0 Å². The summed E-state index contributed by atoms with van der Waals surface area (Å²) >= 11 is 5.64. The molecule has 2 aromatic carbocycles. The van der Waals surface area contributed by atoms with E-state index in [4.69, 9.17) is 0 Å². The standard InChI is InChI=1S/C17H17BrINO/c1-17(2,3)13-6-4-5-7-15(13)20-16(21)12-10-11(19)8-9-14(12)18/h4-10H,1-3H3,(H,20,21). The number of anilines is 1. The zero-order valence-corrected chi connectivity index (χ0v) is 15.9. The second-order valence-electron chi connectivity index (χ2n) is 5.87. The van der Waals surface area contributed by atoms with Crippen molar-refractivity contribution in [2.45, 2.75) is 26.2 Å². The van der Waals surface area contributed by atoms with Crippen LogP contribution in [0.15, 0.2) is 46.9 Å². The number of halogens is 2. The maximum Gasteiger partial charge on any atom is 0.256 e. The monoisotopic (exact) mass is 457 g/mol. The number of hydrogen-bond acceptors (Lipinski definition) is 1. The lowest BCUT2D eigenvalue weighted by Gasteiger charge is -2.23. The highest BCUT2D eigenvalue weighted by atomic mass is 127. The highest BCUT2D eigenvalue weighted by molar-refractivity contribution is 14.1. The molecule has 0 aliphatic carbocycles. The summed E-state index contributed by atoms with van der Waals surface area (Å²) in [5.41, 5.74) is 2.61.